The van der Waals surface area contributed by atoms with E-state index in [0.717, 1.165) is 15.6 Å². The molecule has 19 heavy (non-hydrogen) atoms. The third kappa shape index (κ3) is 3.67. The van der Waals surface area contributed by atoms with Crippen molar-refractivity contribution in [1.29, 1.82) is 0 Å². The van der Waals surface area contributed by atoms with Crippen LogP contribution in [0.2, 0.25) is 0 Å². The van der Waals surface area contributed by atoms with Gasteiger partial charge < -0.3 is 9.47 Å². The van der Waals surface area contributed by atoms with Gasteiger partial charge >= 0.3 is 11.9 Å². The predicted molar refractivity (Wildman–Crippen MR) is 73.4 cm³/mol. The molecule has 1 aliphatic heterocycles. The maximum atomic E-state index is 11.6. The highest BCUT2D eigenvalue weighted by Gasteiger charge is 2.29. The minimum Gasteiger partial charge on any atom is -0.463 e. The number of hydrogen-bond acceptors (Lipinski definition) is 4. The summed E-state index contributed by atoms with van der Waals surface area (Å²) < 4.78 is 10.6. The average Bonchev–Trinajstić information content (AvgIpc) is 2.74. The SMILES string of the molecule is Cc1ccc(/C=C/C(=O)O[C@@H]2CCOC2=O)c(Br)c1. The molecule has 4 nitrogen and oxygen atoms in total. The van der Waals surface area contributed by atoms with E-state index in [1.807, 2.05) is 25.1 Å². The van der Waals surface area contributed by atoms with Gasteiger partial charge in [-0.1, -0.05) is 28.1 Å². The lowest BCUT2D eigenvalue weighted by molar-refractivity contribution is -0.156. The molecule has 1 fully saturated rings. The van der Waals surface area contributed by atoms with Crippen LogP contribution in [0.3, 0.4) is 0 Å². The summed E-state index contributed by atoms with van der Waals surface area (Å²) >= 11 is 3.42. The fourth-order valence-electron chi connectivity index (χ4n) is 1.69. The molecule has 0 aromatic heterocycles. The fraction of sp³-hybridized carbons (Fsp3) is 0.286. The van der Waals surface area contributed by atoms with Crippen LogP contribution in [0.25, 0.3) is 6.08 Å². The normalized spacial score (nSPS) is 18.6. The van der Waals surface area contributed by atoms with Crippen LogP contribution in [-0.4, -0.2) is 24.6 Å². The highest BCUT2D eigenvalue weighted by atomic mass is 79.9. The second kappa shape index (κ2) is 6.02. The van der Waals surface area contributed by atoms with E-state index in [4.69, 9.17) is 9.47 Å². The molecule has 100 valence electrons. The van der Waals surface area contributed by atoms with Crippen LogP contribution in [0.1, 0.15) is 17.5 Å². The van der Waals surface area contributed by atoms with E-state index >= 15 is 0 Å². The number of hydrogen-bond donors (Lipinski definition) is 0. The van der Waals surface area contributed by atoms with Crippen molar-refractivity contribution in [3.8, 4) is 0 Å². The first kappa shape index (κ1) is 13.8. The standard InChI is InChI=1S/C14H13BrO4/c1-9-2-3-10(11(15)8-9)4-5-13(16)19-12-6-7-18-14(12)17/h2-5,8,12H,6-7H2,1H3/b5-4+/t12-/m1/s1. The number of carbonyl (C=O) groups excluding carboxylic acids is 2. The Morgan fingerprint density at radius 1 is 1.53 bits per heavy atom. The molecule has 0 unspecified atom stereocenters. The van der Waals surface area contributed by atoms with Gasteiger partial charge in [-0.25, -0.2) is 9.59 Å². The van der Waals surface area contributed by atoms with Crippen molar-refractivity contribution < 1.29 is 19.1 Å². The molecule has 2 rings (SSSR count). The molecule has 0 spiro atoms. The van der Waals surface area contributed by atoms with Crippen molar-refractivity contribution in [3.05, 3.63) is 39.9 Å². The summed E-state index contributed by atoms with van der Waals surface area (Å²) in [6.07, 6.45) is 2.61. The van der Waals surface area contributed by atoms with Gasteiger partial charge in [0.2, 0.25) is 6.10 Å². The van der Waals surface area contributed by atoms with Crippen LogP contribution in [0.15, 0.2) is 28.7 Å². The summed E-state index contributed by atoms with van der Waals surface area (Å²) in [6.45, 7) is 2.29. The van der Waals surface area contributed by atoms with E-state index in [1.54, 1.807) is 6.08 Å². The lowest BCUT2D eigenvalue weighted by atomic mass is 10.1. The number of esters is 2. The Hall–Kier alpha value is -1.62. The molecule has 1 atom stereocenters. The molecule has 1 aliphatic rings. The van der Waals surface area contributed by atoms with Gasteiger partial charge in [-0.05, 0) is 30.2 Å². The number of benzene rings is 1. The van der Waals surface area contributed by atoms with Crippen molar-refractivity contribution >= 4 is 33.9 Å². The Morgan fingerprint density at radius 2 is 2.32 bits per heavy atom. The first-order chi connectivity index (χ1) is 9.06. The van der Waals surface area contributed by atoms with E-state index in [0.29, 0.717) is 13.0 Å². The summed E-state index contributed by atoms with van der Waals surface area (Å²) in [5.41, 5.74) is 2.00. The molecule has 1 heterocycles. The van der Waals surface area contributed by atoms with Crippen LogP contribution in [0.5, 0.6) is 0 Å². The summed E-state index contributed by atoms with van der Waals surface area (Å²) in [5.74, 6) is -1.02. The fourth-order valence-corrected chi connectivity index (χ4v) is 2.31. The van der Waals surface area contributed by atoms with Gasteiger partial charge in [-0.3, -0.25) is 0 Å². The van der Waals surface area contributed by atoms with E-state index in [2.05, 4.69) is 15.9 Å². The van der Waals surface area contributed by atoms with Crippen LogP contribution < -0.4 is 0 Å². The molecular formula is C14H13BrO4. The zero-order chi connectivity index (χ0) is 13.8. The van der Waals surface area contributed by atoms with Crippen molar-refractivity contribution in [2.45, 2.75) is 19.4 Å². The van der Waals surface area contributed by atoms with Gasteiger partial charge in [0.1, 0.15) is 0 Å². The van der Waals surface area contributed by atoms with Gasteiger partial charge in [-0.15, -0.1) is 0 Å². The molecule has 1 aromatic carbocycles. The molecular weight excluding hydrogens is 312 g/mol. The van der Waals surface area contributed by atoms with Crippen molar-refractivity contribution in [1.82, 2.24) is 0 Å². The summed E-state index contributed by atoms with van der Waals surface area (Å²) in [4.78, 5) is 22.7. The molecule has 0 N–H and O–H groups in total. The number of halogens is 1. The van der Waals surface area contributed by atoms with Crippen molar-refractivity contribution in [2.75, 3.05) is 6.61 Å². The van der Waals surface area contributed by atoms with E-state index in [-0.39, 0.29) is 0 Å². The van der Waals surface area contributed by atoms with Crippen LogP contribution in [-0.2, 0) is 19.1 Å². The van der Waals surface area contributed by atoms with Crippen LogP contribution in [0, 0.1) is 6.92 Å². The molecule has 0 bridgehead atoms. The van der Waals surface area contributed by atoms with Gasteiger partial charge in [0, 0.05) is 17.0 Å². The van der Waals surface area contributed by atoms with E-state index < -0.39 is 18.0 Å². The molecule has 5 heteroatoms. The third-order valence-electron chi connectivity index (χ3n) is 2.70. The van der Waals surface area contributed by atoms with Gasteiger partial charge in [0.25, 0.3) is 0 Å². The summed E-state index contributed by atoms with van der Waals surface area (Å²) in [5, 5.41) is 0. The van der Waals surface area contributed by atoms with Crippen LogP contribution in [0.4, 0.5) is 0 Å². The Kier molecular flexibility index (Phi) is 4.37. The number of cyclic esters (lactones) is 1. The molecule has 0 saturated carbocycles. The molecule has 0 aliphatic carbocycles. The second-order valence-corrected chi connectivity index (χ2v) is 5.09. The van der Waals surface area contributed by atoms with Crippen molar-refractivity contribution in [3.63, 3.8) is 0 Å². The average molecular weight is 325 g/mol. The van der Waals surface area contributed by atoms with Gasteiger partial charge in [-0.2, -0.15) is 0 Å². The Labute approximate surface area is 119 Å². The molecule has 1 aromatic rings. The topological polar surface area (TPSA) is 52.6 Å². The second-order valence-electron chi connectivity index (χ2n) is 4.24. The third-order valence-corrected chi connectivity index (χ3v) is 3.39. The van der Waals surface area contributed by atoms with Gasteiger partial charge in [0.05, 0.1) is 6.61 Å². The monoisotopic (exact) mass is 324 g/mol. The molecule has 0 radical (unpaired) electrons. The minimum absolute atomic E-state index is 0.310. The minimum atomic E-state index is -0.765. The maximum Gasteiger partial charge on any atom is 0.347 e. The quantitative estimate of drug-likeness (QED) is 0.633. The van der Waals surface area contributed by atoms with Crippen LogP contribution >= 0.6 is 15.9 Å². The van der Waals surface area contributed by atoms with Gasteiger partial charge in [0.15, 0.2) is 0 Å². The zero-order valence-electron chi connectivity index (χ0n) is 10.4. The molecule has 1 saturated heterocycles. The number of rotatable bonds is 3. The first-order valence-electron chi connectivity index (χ1n) is 5.88. The first-order valence-corrected chi connectivity index (χ1v) is 6.67. The highest BCUT2D eigenvalue weighted by Crippen LogP contribution is 2.19. The maximum absolute atomic E-state index is 11.6. The summed E-state index contributed by atoms with van der Waals surface area (Å²) in [6, 6.07) is 5.80. The highest BCUT2D eigenvalue weighted by molar-refractivity contribution is 9.10. The smallest absolute Gasteiger partial charge is 0.347 e. The van der Waals surface area contributed by atoms with E-state index in [9.17, 15) is 9.59 Å². The lowest BCUT2D eigenvalue weighted by Gasteiger charge is -2.05. The van der Waals surface area contributed by atoms with E-state index in [1.165, 1.54) is 6.08 Å². The largest absolute Gasteiger partial charge is 0.463 e. The number of carbonyl (C=O) groups is 2. The molecule has 0 amide bonds. The zero-order valence-corrected chi connectivity index (χ0v) is 12.0. The Balaban J connectivity index is 1.98. The lowest BCUT2D eigenvalue weighted by Crippen LogP contribution is -2.21. The number of ether oxygens (including phenoxy) is 2. The number of aryl methyl sites for hydroxylation is 1. The summed E-state index contributed by atoms with van der Waals surface area (Å²) in [7, 11) is 0. The Morgan fingerprint density at radius 3 is 2.95 bits per heavy atom. The predicted octanol–water partition coefficient (Wildman–Crippen LogP) is 2.63. The van der Waals surface area contributed by atoms with Crippen molar-refractivity contribution in [2.24, 2.45) is 0 Å². The Bertz CT molecular complexity index is 536.